The van der Waals surface area contributed by atoms with Gasteiger partial charge in [0.1, 0.15) is 11.5 Å². The molecular weight excluding hydrogens is 298 g/mol. The summed E-state index contributed by atoms with van der Waals surface area (Å²) in [6, 6.07) is 3.38. The molecule has 0 saturated heterocycles. The highest BCUT2D eigenvalue weighted by Gasteiger charge is 2.16. The van der Waals surface area contributed by atoms with Crippen LogP contribution in [-0.4, -0.2) is 26.7 Å². The molecule has 18 heavy (non-hydrogen) atoms. The lowest BCUT2D eigenvalue weighted by atomic mass is 10.1. The Labute approximate surface area is 115 Å². The molecule has 0 aliphatic heterocycles. The summed E-state index contributed by atoms with van der Waals surface area (Å²) in [6.45, 7) is 6.01. The fraction of sp³-hybridized carbons (Fsp3) is 0.308. The van der Waals surface area contributed by atoms with Crippen LogP contribution in [0.5, 0.6) is 11.5 Å². The molecule has 0 radical (unpaired) electrons. The lowest BCUT2D eigenvalue weighted by molar-refractivity contribution is 0.0953. The molecule has 1 amide bonds. The first-order valence-electron chi connectivity index (χ1n) is 5.33. The van der Waals surface area contributed by atoms with E-state index in [2.05, 4.69) is 27.8 Å². The highest BCUT2D eigenvalue weighted by molar-refractivity contribution is 9.10. The van der Waals surface area contributed by atoms with Crippen LogP contribution in [0.2, 0.25) is 0 Å². The Balaban J connectivity index is 3.08. The van der Waals surface area contributed by atoms with Gasteiger partial charge in [-0.1, -0.05) is 12.2 Å². The van der Waals surface area contributed by atoms with Crippen molar-refractivity contribution in [2.75, 3.05) is 20.8 Å². The van der Waals surface area contributed by atoms with Gasteiger partial charge in [0, 0.05) is 6.54 Å². The minimum atomic E-state index is -0.227. The number of hydrogen-bond donors (Lipinski definition) is 1. The highest BCUT2D eigenvalue weighted by Crippen LogP contribution is 2.33. The summed E-state index contributed by atoms with van der Waals surface area (Å²) in [5.41, 5.74) is 1.30. The molecule has 1 aromatic carbocycles. The highest BCUT2D eigenvalue weighted by atomic mass is 79.9. The van der Waals surface area contributed by atoms with E-state index in [1.54, 1.807) is 19.2 Å². The van der Waals surface area contributed by atoms with Crippen LogP contribution in [0, 0.1) is 0 Å². The molecule has 0 bridgehead atoms. The Morgan fingerprint density at radius 1 is 1.39 bits per heavy atom. The van der Waals surface area contributed by atoms with E-state index in [0.29, 0.717) is 28.1 Å². The van der Waals surface area contributed by atoms with Crippen molar-refractivity contribution in [3.63, 3.8) is 0 Å². The second-order valence-corrected chi connectivity index (χ2v) is 4.68. The molecule has 0 fully saturated rings. The van der Waals surface area contributed by atoms with Crippen LogP contribution >= 0.6 is 15.9 Å². The smallest absolute Gasteiger partial charge is 0.255 e. The third-order valence-corrected chi connectivity index (χ3v) is 2.84. The minimum absolute atomic E-state index is 0.227. The average molecular weight is 314 g/mol. The monoisotopic (exact) mass is 313 g/mol. The summed E-state index contributed by atoms with van der Waals surface area (Å²) in [6.07, 6.45) is 0. The van der Waals surface area contributed by atoms with Crippen LogP contribution in [-0.2, 0) is 0 Å². The van der Waals surface area contributed by atoms with Crippen molar-refractivity contribution in [2.24, 2.45) is 0 Å². The minimum Gasteiger partial charge on any atom is -0.497 e. The van der Waals surface area contributed by atoms with E-state index in [-0.39, 0.29) is 5.91 Å². The standard InChI is InChI=1S/C13H16BrNO3/c1-8(2)7-15-13(16)10-5-9(17-3)6-11(14)12(10)18-4/h5-6H,1,7H2,2-4H3,(H,15,16). The van der Waals surface area contributed by atoms with Gasteiger partial charge >= 0.3 is 0 Å². The first-order chi connectivity index (χ1) is 8.49. The molecule has 5 heteroatoms. The third-order valence-electron chi connectivity index (χ3n) is 2.25. The van der Waals surface area contributed by atoms with Crippen molar-refractivity contribution in [1.82, 2.24) is 5.32 Å². The van der Waals surface area contributed by atoms with Gasteiger partial charge in [-0.25, -0.2) is 0 Å². The molecular formula is C13H16BrNO3. The van der Waals surface area contributed by atoms with E-state index in [9.17, 15) is 4.79 Å². The van der Waals surface area contributed by atoms with Gasteiger partial charge in [0.2, 0.25) is 0 Å². The maximum absolute atomic E-state index is 12.0. The molecule has 0 saturated carbocycles. The molecule has 0 atom stereocenters. The summed E-state index contributed by atoms with van der Waals surface area (Å²) >= 11 is 3.34. The molecule has 0 heterocycles. The largest absolute Gasteiger partial charge is 0.497 e. The summed E-state index contributed by atoms with van der Waals surface area (Å²) in [4.78, 5) is 12.0. The molecule has 0 aliphatic rings. The fourth-order valence-corrected chi connectivity index (χ4v) is 1.99. The molecule has 1 rings (SSSR count). The first kappa shape index (κ1) is 14.6. The number of carbonyl (C=O) groups excluding carboxylic acids is 1. The van der Waals surface area contributed by atoms with E-state index < -0.39 is 0 Å². The molecule has 0 aliphatic carbocycles. The number of carbonyl (C=O) groups is 1. The number of nitrogens with one attached hydrogen (secondary N) is 1. The SMILES string of the molecule is C=C(C)CNC(=O)c1cc(OC)cc(Br)c1OC. The number of amides is 1. The summed E-state index contributed by atoms with van der Waals surface area (Å²) in [5, 5.41) is 2.76. The van der Waals surface area contributed by atoms with Gasteiger partial charge in [0.05, 0.1) is 24.3 Å². The first-order valence-corrected chi connectivity index (χ1v) is 6.13. The maximum atomic E-state index is 12.0. The number of hydrogen-bond acceptors (Lipinski definition) is 3. The van der Waals surface area contributed by atoms with Crippen LogP contribution in [0.25, 0.3) is 0 Å². The lowest BCUT2D eigenvalue weighted by Gasteiger charge is -2.12. The fourth-order valence-electron chi connectivity index (χ4n) is 1.39. The van der Waals surface area contributed by atoms with Crippen molar-refractivity contribution >= 4 is 21.8 Å². The van der Waals surface area contributed by atoms with E-state index in [1.807, 2.05) is 6.92 Å². The van der Waals surface area contributed by atoms with Crippen molar-refractivity contribution < 1.29 is 14.3 Å². The van der Waals surface area contributed by atoms with Gasteiger partial charge < -0.3 is 14.8 Å². The predicted molar refractivity (Wildman–Crippen MR) is 74.4 cm³/mol. The summed E-state index contributed by atoms with van der Waals surface area (Å²) in [7, 11) is 3.06. The topological polar surface area (TPSA) is 47.6 Å². The Morgan fingerprint density at radius 3 is 2.56 bits per heavy atom. The van der Waals surface area contributed by atoms with Crippen LogP contribution in [0.4, 0.5) is 0 Å². The van der Waals surface area contributed by atoms with E-state index in [1.165, 1.54) is 7.11 Å². The Kier molecular flexibility index (Phi) is 5.22. The number of halogens is 1. The van der Waals surface area contributed by atoms with Crippen molar-refractivity contribution in [3.05, 3.63) is 34.3 Å². The molecule has 0 unspecified atom stereocenters. The van der Waals surface area contributed by atoms with E-state index in [4.69, 9.17) is 9.47 Å². The normalized spacial score (nSPS) is 9.78. The quantitative estimate of drug-likeness (QED) is 0.850. The molecule has 0 spiro atoms. The zero-order valence-corrected chi connectivity index (χ0v) is 12.3. The second kappa shape index (κ2) is 6.44. The molecule has 0 aromatic heterocycles. The van der Waals surface area contributed by atoms with Gasteiger partial charge in [-0.2, -0.15) is 0 Å². The predicted octanol–water partition coefficient (Wildman–Crippen LogP) is 2.77. The third kappa shape index (κ3) is 3.50. The van der Waals surface area contributed by atoms with Crippen molar-refractivity contribution in [1.29, 1.82) is 0 Å². The second-order valence-electron chi connectivity index (χ2n) is 3.83. The zero-order chi connectivity index (χ0) is 13.7. The van der Waals surface area contributed by atoms with Crippen LogP contribution in [0.3, 0.4) is 0 Å². The van der Waals surface area contributed by atoms with E-state index >= 15 is 0 Å². The van der Waals surface area contributed by atoms with Crippen LogP contribution in [0.1, 0.15) is 17.3 Å². The number of methoxy groups -OCH3 is 2. The lowest BCUT2D eigenvalue weighted by Crippen LogP contribution is -2.25. The molecule has 1 N–H and O–H groups in total. The Morgan fingerprint density at radius 2 is 2.06 bits per heavy atom. The maximum Gasteiger partial charge on any atom is 0.255 e. The van der Waals surface area contributed by atoms with Gasteiger partial charge in [0.25, 0.3) is 5.91 Å². The van der Waals surface area contributed by atoms with Gasteiger partial charge in [-0.3, -0.25) is 4.79 Å². The van der Waals surface area contributed by atoms with Crippen molar-refractivity contribution in [2.45, 2.75) is 6.92 Å². The Hall–Kier alpha value is -1.49. The zero-order valence-electron chi connectivity index (χ0n) is 10.7. The van der Waals surface area contributed by atoms with Gasteiger partial charge in [-0.05, 0) is 35.0 Å². The number of rotatable bonds is 5. The Bertz CT molecular complexity index is 472. The van der Waals surface area contributed by atoms with Crippen molar-refractivity contribution in [3.8, 4) is 11.5 Å². The van der Waals surface area contributed by atoms with Gasteiger partial charge in [0.15, 0.2) is 0 Å². The van der Waals surface area contributed by atoms with Gasteiger partial charge in [-0.15, -0.1) is 0 Å². The van der Waals surface area contributed by atoms with Crippen LogP contribution < -0.4 is 14.8 Å². The van der Waals surface area contributed by atoms with Crippen LogP contribution in [0.15, 0.2) is 28.8 Å². The van der Waals surface area contributed by atoms with E-state index in [0.717, 1.165) is 5.57 Å². The summed E-state index contributed by atoms with van der Waals surface area (Å²) < 4.78 is 11.0. The molecule has 98 valence electrons. The molecule has 1 aromatic rings. The number of benzene rings is 1. The molecule has 4 nitrogen and oxygen atoms in total. The summed E-state index contributed by atoms with van der Waals surface area (Å²) in [5.74, 6) is 0.840. The number of ether oxygens (including phenoxy) is 2. The average Bonchev–Trinajstić information content (AvgIpc) is 2.34.